The number of aromatic nitrogens is 2. The highest BCUT2D eigenvalue weighted by Crippen LogP contribution is 2.28. The molecule has 150 valence electrons. The maximum absolute atomic E-state index is 13.6. The number of hydrogen-bond donors (Lipinski definition) is 1. The molecule has 4 rings (SSSR count). The van der Waals surface area contributed by atoms with Crippen molar-refractivity contribution in [2.24, 2.45) is 5.92 Å². The van der Waals surface area contributed by atoms with E-state index < -0.39 is 0 Å². The first-order valence-electron chi connectivity index (χ1n) is 9.83. The van der Waals surface area contributed by atoms with E-state index in [-0.39, 0.29) is 17.5 Å². The average Bonchev–Trinajstić information content (AvgIpc) is 3.21. The Morgan fingerprint density at radius 3 is 2.97 bits per heavy atom. The molecule has 1 aliphatic heterocycles. The molecule has 0 amide bonds. The van der Waals surface area contributed by atoms with Crippen molar-refractivity contribution < 1.29 is 13.9 Å². The van der Waals surface area contributed by atoms with E-state index in [0.29, 0.717) is 24.4 Å². The third kappa shape index (κ3) is 4.22. The molecular weight excluding hydrogens is 369 g/mol. The van der Waals surface area contributed by atoms with Crippen LogP contribution in [0.5, 0.6) is 5.75 Å². The van der Waals surface area contributed by atoms with Crippen molar-refractivity contribution in [1.82, 2.24) is 15.1 Å². The average molecular weight is 393 g/mol. The quantitative estimate of drug-likeness (QED) is 0.634. The Morgan fingerprint density at radius 2 is 2.14 bits per heavy atom. The Balaban J connectivity index is 1.49. The molecule has 5 nitrogen and oxygen atoms in total. The van der Waals surface area contributed by atoms with E-state index in [2.05, 4.69) is 15.1 Å². The maximum atomic E-state index is 13.6. The lowest BCUT2D eigenvalue weighted by Gasteiger charge is -2.32. The molecule has 1 fully saturated rings. The highest BCUT2D eigenvalue weighted by Gasteiger charge is 2.28. The van der Waals surface area contributed by atoms with Crippen molar-refractivity contribution in [1.29, 1.82) is 0 Å². The largest absolute Gasteiger partial charge is 0.496 e. The summed E-state index contributed by atoms with van der Waals surface area (Å²) in [7, 11) is 1.59. The molecule has 2 heterocycles. The van der Waals surface area contributed by atoms with Crippen LogP contribution in [0.25, 0.3) is 11.3 Å². The lowest BCUT2D eigenvalue weighted by atomic mass is 9.89. The zero-order valence-corrected chi connectivity index (χ0v) is 16.4. The van der Waals surface area contributed by atoms with Crippen molar-refractivity contribution in [3.63, 3.8) is 0 Å². The number of carbonyl (C=O) groups is 1. The number of methoxy groups -OCH3 is 1. The van der Waals surface area contributed by atoms with Crippen LogP contribution < -0.4 is 4.74 Å². The number of Topliss-reactive ketones (excluding diaryl/α,β-unsaturated/α-hetero) is 1. The molecule has 3 aromatic rings. The summed E-state index contributed by atoms with van der Waals surface area (Å²) in [6.45, 7) is 2.27. The number of nitrogens with one attached hydrogen (secondary N) is 1. The molecular formula is C23H24FN3O2. The number of ketones is 1. The normalized spacial score (nSPS) is 17.2. The number of hydrogen-bond acceptors (Lipinski definition) is 4. The SMILES string of the molecule is COc1ccccc1C(=O)C1CCCN(Cc2cn[nH]c2-c2cccc(F)c2)C1. The Morgan fingerprint density at radius 1 is 1.28 bits per heavy atom. The van der Waals surface area contributed by atoms with Gasteiger partial charge in [-0.2, -0.15) is 5.10 Å². The van der Waals surface area contributed by atoms with E-state index in [0.717, 1.165) is 36.2 Å². The molecule has 1 aliphatic rings. The zero-order chi connectivity index (χ0) is 20.2. The first-order valence-corrected chi connectivity index (χ1v) is 9.83. The van der Waals surface area contributed by atoms with Crippen molar-refractivity contribution in [2.45, 2.75) is 19.4 Å². The van der Waals surface area contributed by atoms with Crippen molar-refractivity contribution in [3.05, 3.63) is 71.7 Å². The minimum absolute atomic E-state index is 0.0652. The van der Waals surface area contributed by atoms with Crippen LogP contribution in [0.3, 0.4) is 0 Å². The molecule has 0 spiro atoms. The molecule has 1 N–H and O–H groups in total. The van der Waals surface area contributed by atoms with Crippen LogP contribution in [0.2, 0.25) is 0 Å². The van der Waals surface area contributed by atoms with Gasteiger partial charge in [-0.3, -0.25) is 14.8 Å². The third-order valence-corrected chi connectivity index (χ3v) is 5.47. The van der Waals surface area contributed by atoms with Crippen LogP contribution in [-0.4, -0.2) is 41.1 Å². The second-order valence-corrected chi connectivity index (χ2v) is 7.42. The lowest BCUT2D eigenvalue weighted by Crippen LogP contribution is -2.38. The second kappa shape index (κ2) is 8.57. The predicted molar refractivity (Wildman–Crippen MR) is 109 cm³/mol. The molecule has 1 aromatic heterocycles. The standard InChI is InChI=1S/C23H24FN3O2/c1-29-21-10-3-2-9-20(21)23(28)17-7-5-11-27(14-17)15-18-13-25-26-22(18)16-6-4-8-19(24)12-16/h2-4,6,8-10,12-13,17H,5,7,11,14-15H2,1H3,(H,25,26). The summed E-state index contributed by atoms with van der Waals surface area (Å²) in [5.41, 5.74) is 3.24. The van der Waals surface area contributed by atoms with Crippen LogP contribution in [0, 0.1) is 11.7 Å². The Hall–Kier alpha value is -2.99. The summed E-state index contributed by atoms with van der Waals surface area (Å²) in [6, 6.07) is 13.9. The monoisotopic (exact) mass is 393 g/mol. The number of para-hydroxylation sites is 1. The van der Waals surface area contributed by atoms with Gasteiger partial charge in [0.05, 0.1) is 24.6 Å². The number of carbonyl (C=O) groups excluding carboxylic acids is 1. The van der Waals surface area contributed by atoms with Crippen molar-refractivity contribution in [2.75, 3.05) is 20.2 Å². The minimum atomic E-state index is -0.275. The molecule has 0 aliphatic carbocycles. The van der Waals surface area contributed by atoms with Gasteiger partial charge in [-0.1, -0.05) is 24.3 Å². The fraction of sp³-hybridized carbons (Fsp3) is 0.304. The van der Waals surface area contributed by atoms with Crippen molar-refractivity contribution in [3.8, 4) is 17.0 Å². The third-order valence-electron chi connectivity index (χ3n) is 5.47. The van der Waals surface area contributed by atoms with Gasteiger partial charge in [-0.15, -0.1) is 0 Å². The summed E-state index contributed by atoms with van der Waals surface area (Å²) >= 11 is 0. The lowest BCUT2D eigenvalue weighted by molar-refractivity contribution is 0.0809. The summed E-state index contributed by atoms with van der Waals surface area (Å²) in [4.78, 5) is 15.4. The van der Waals surface area contributed by atoms with Crippen LogP contribution in [0.15, 0.2) is 54.7 Å². The van der Waals surface area contributed by atoms with Gasteiger partial charge in [-0.25, -0.2) is 4.39 Å². The zero-order valence-electron chi connectivity index (χ0n) is 16.4. The van der Waals surface area contributed by atoms with Crippen LogP contribution >= 0.6 is 0 Å². The topological polar surface area (TPSA) is 58.2 Å². The minimum Gasteiger partial charge on any atom is -0.496 e. The number of piperidine rings is 1. The van der Waals surface area contributed by atoms with E-state index in [9.17, 15) is 9.18 Å². The van der Waals surface area contributed by atoms with Gasteiger partial charge in [0.1, 0.15) is 11.6 Å². The molecule has 0 bridgehead atoms. The summed E-state index contributed by atoms with van der Waals surface area (Å²) in [5, 5.41) is 7.15. The molecule has 0 saturated carbocycles. The van der Waals surface area contributed by atoms with E-state index in [1.807, 2.05) is 30.3 Å². The number of nitrogens with zero attached hydrogens (tertiary/aromatic N) is 2. The van der Waals surface area contributed by atoms with E-state index in [1.165, 1.54) is 12.1 Å². The molecule has 0 radical (unpaired) electrons. The van der Waals surface area contributed by atoms with Crippen molar-refractivity contribution >= 4 is 5.78 Å². The highest BCUT2D eigenvalue weighted by molar-refractivity contribution is 6.00. The van der Waals surface area contributed by atoms with Gasteiger partial charge in [0.2, 0.25) is 0 Å². The molecule has 29 heavy (non-hydrogen) atoms. The van der Waals surface area contributed by atoms with Gasteiger partial charge in [0, 0.05) is 30.1 Å². The number of likely N-dealkylation sites (tertiary alicyclic amines) is 1. The van der Waals surface area contributed by atoms with Crippen LogP contribution in [0.1, 0.15) is 28.8 Å². The number of rotatable bonds is 6. The number of aromatic amines is 1. The Labute approximate surface area is 169 Å². The number of halogens is 1. The fourth-order valence-electron chi connectivity index (χ4n) is 4.05. The number of benzene rings is 2. The van der Waals surface area contributed by atoms with Gasteiger partial charge in [-0.05, 0) is 43.7 Å². The number of H-pyrrole nitrogens is 1. The van der Waals surface area contributed by atoms with Gasteiger partial charge < -0.3 is 4.74 Å². The summed E-state index contributed by atoms with van der Waals surface area (Å²) in [6.07, 6.45) is 3.61. The van der Waals surface area contributed by atoms with E-state index in [1.54, 1.807) is 19.4 Å². The Kier molecular flexibility index (Phi) is 5.71. The van der Waals surface area contributed by atoms with E-state index >= 15 is 0 Å². The van der Waals surface area contributed by atoms with Crippen LogP contribution in [0.4, 0.5) is 4.39 Å². The molecule has 1 unspecified atom stereocenters. The second-order valence-electron chi connectivity index (χ2n) is 7.42. The summed E-state index contributed by atoms with van der Waals surface area (Å²) < 4.78 is 19.0. The first-order chi connectivity index (χ1) is 14.2. The maximum Gasteiger partial charge on any atom is 0.170 e. The molecule has 1 atom stereocenters. The number of ether oxygens (including phenoxy) is 1. The highest BCUT2D eigenvalue weighted by atomic mass is 19.1. The molecule has 6 heteroatoms. The molecule has 2 aromatic carbocycles. The Bertz CT molecular complexity index is 1000. The summed E-state index contributed by atoms with van der Waals surface area (Å²) in [5.74, 6) is 0.413. The fourth-order valence-corrected chi connectivity index (χ4v) is 4.05. The smallest absolute Gasteiger partial charge is 0.170 e. The van der Waals surface area contributed by atoms with Gasteiger partial charge in [0.15, 0.2) is 5.78 Å². The van der Waals surface area contributed by atoms with Gasteiger partial charge >= 0.3 is 0 Å². The predicted octanol–water partition coefficient (Wildman–Crippen LogP) is 4.32. The van der Waals surface area contributed by atoms with E-state index in [4.69, 9.17) is 4.74 Å². The van der Waals surface area contributed by atoms with Gasteiger partial charge in [0.25, 0.3) is 0 Å². The van der Waals surface area contributed by atoms with Crippen LogP contribution in [-0.2, 0) is 6.54 Å². The first kappa shape index (κ1) is 19.3. The molecule has 1 saturated heterocycles.